The van der Waals surface area contributed by atoms with Crippen LogP contribution in [0.15, 0.2) is 24.3 Å². The number of aryl methyl sites for hydroxylation is 1. The molecule has 0 N–H and O–H groups in total. The molecule has 0 aliphatic carbocycles. The van der Waals surface area contributed by atoms with Crippen LogP contribution in [0.1, 0.15) is 109 Å². The summed E-state index contributed by atoms with van der Waals surface area (Å²) in [7, 11) is 0. The Bertz CT molecular complexity index is 495. The summed E-state index contributed by atoms with van der Waals surface area (Å²) in [4.78, 5) is 11.7. The number of carbonyl (C=O) groups is 1. The largest absolute Gasteiger partial charge is 0.494 e. The second kappa shape index (κ2) is 18.5. The van der Waals surface area contributed by atoms with E-state index in [1.165, 1.54) is 69.8 Å². The molecule has 1 aromatic carbocycles. The third kappa shape index (κ3) is 16.0. The first-order valence-corrected chi connectivity index (χ1v) is 12.1. The SMILES string of the molecule is CCCCCCCCOC(=O)CCCCCCCCCCOc1ccc(C)cc1. The van der Waals surface area contributed by atoms with Gasteiger partial charge in [0, 0.05) is 6.42 Å². The van der Waals surface area contributed by atoms with Crippen LogP contribution in [-0.4, -0.2) is 19.2 Å². The first-order valence-electron chi connectivity index (χ1n) is 12.1. The van der Waals surface area contributed by atoms with E-state index in [1.54, 1.807) is 0 Å². The minimum absolute atomic E-state index is 0.00728. The maximum Gasteiger partial charge on any atom is 0.305 e. The molecule has 29 heavy (non-hydrogen) atoms. The molecular formula is C26H44O3. The predicted molar refractivity (Wildman–Crippen MR) is 123 cm³/mol. The lowest BCUT2D eigenvalue weighted by molar-refractivity contribution is -0.143. The standard InChI is InChI=1S/C26H44O3/c1-3-4-5-6-12-16-23-29-26(27)17-14-11-9-7-8-10-13-15-22-28-25-20-18-24(2)19-21-25/h18-21H,3-17,22-23H2,1-2H3. The number of esters is 1. The number of unbranched alkanes of at least 4 members (excludes halogenated alkanes) is 12. The zero-order valence-corrected chi connectivity index (χ0v) is 19.1. The fourth-order valence-corrected chi connectivity index (χ4v) is 3.40. The monoisotopic (exact) mass is 404 g/mol. The summed E-state index contributed by atoms with van der Waals surface area (Å²) in [6, 6.07) is 8.26. The number of hydrogen-bond acceptors (Lipinski definition) is 3. The molecule has 0 atom stereocenters. The Hall–Kier alpha value is -1.51. The van der Waals surface area contributed by atoms with Crippen LogP contribution in [-0.2, 0) is 9.53 Å². The molecule has 0 fully saturated rings. The Kier molecular flexibility index (Phi) is 16.3. The highest BCUT2D eigenvalue weighted by Gasteiger charge is 2.02. The summed E-state index contributed by atoms with van der Waals surface area (Å²) in [6.07, 6.45) is 17.5. The lowest BCUT2D eigenvalue weighted by Gasteiger charge is -2.06. The first kappa shape index (κ1) is 25.5. The van der Waals surface area contributed by atoms with Crippen LogP contribution in [0.2, 0.25) is 0 Å². The highest BCUT2D eigenvalue weighted by molar-refractivity contribution is 5.69. The van der Waals surface area contributed by atoms with Crippen LogP contribution in [0.3, 0.4) is 0 Å². The molecule has 0 aromatic heterocycles. The smallest absolute Gasteiger partial charge is 0.305 e. The molecule has 3 heteroatoms. The van der Waals surface area contributed by atoms with Crippen molar-refractivity contribution >= 4 is 5.97 Å². The zero-order valence-electron chi connectivity index (χ0n) is 19.1. The summed E-state index contributed by atoms with van der Waals surface area (Å²) >= 11 is 0. The zero-order chi connectivity index (χ0) is 21.0. The van der Waals surface area contributed by atoms with E-state index in [9.17, 15) is 4.79 Å². The van der Waals surface area contributed by atoms with Crippen LogP contribution >= 0.6 is 0 Å². The van der Waals surface area contributed by atoms with E-state index in [0.29, 0.717) is 13.0 Å². The number of hydrogen-bond donors (Lipinski definition) is 0. The molecule has 0 radical (unpaired) electrons. The van der Waals surface area contributed by atoms with E-state index in [1.807, 2.05) is 12.1 Å². The molecule has 0 saturated heterocycles. The quantitative estimate of drug-likeness (QED) is 0.174. The van der Waals surface area contributed by atoms with E-state index in [0.717, 1.165) is 38.0 Å². The van der Waals surface area contributed by atoms with Crippen molar-refractivity contribution in [1.29, 1.82) is 0 Å². The maximum absolute atomic E-state index is 11.7. The summed E-state index contributed by atoms with van der Waals surface area (Å²) in [5.74, 6) is 0.966. The van der Waals surface area contributed by atoms with Gasteiger partial charge < -0.3 is 9.47 Å². The fourth-order valence-electron chi connectivity index (χ4n) is 3.40. The number of benzene rings is 1. The van der Waals surface area contributed by atoms with E-state index in [2.05, 4.69) is 26.0 Å². The third-order valence-electron chi connectivity index (χ3n) is 5.33. The van der Waals surface area contributed by atoms with Crippen molar-refractivity contribution in [2.45, 2.75) is 110 Å². The van der Waals surface area contributed by atoms with E-state index in [4.69, 9.17) is 9.47 Å². The first-order chi connectivity index (χ1) is 14.2. The summed E-state index contributed by atoms with van der Waals surface area (Å²) in [6.45, 7) is 5.74. The average molecular weight is 405 g/mol. The van der Waals surface area contributed by atoms with Gasteiger partial charge in [-0.3, -0.25) is 4.79 Å². The minimum atomic E-state index is -0.00728. The van der Waals surface area contributed by atoms with Gasteiger partial charge in [0.05, 0.1) is 13.2 Å². The molecule has 3 nitrogen and oxygen atoms in total. The predicted octanol–water partition coefficient (Wildman–Crippen LogP) is 7.79. The van der Waals surface area contributed by atoms with E-state index < -0.39 is 0 Å². The maximum atomic E-state index is 11.7. The van der Waals surface area contributed by atoms with Crippen LogP contribution < -0.4 is 4.74 Å². The van der Waals surface area contributed by atoms with Gasteiger partial charge in [-0.1, -0.05) is 95.2 Å². The van der Waals surface area contributed by atoms with Crippen molar-refractivity contribution in [3.05, 3.63) is 29.8 Å². The molecule has 1 aromatic rings. The lowest BCUT2D eigenvalue weighted by atomic mass is 10.1. The van der Waals surface area contributed by atoms with E-state index >= 15 is 0 Å². The molecule has 0 amide bonds. The van der Waals surface area contributed by atoms with Crippen LogP contribution in [0, 0.1) is 6.92 Å². The molecule has 0 bridgehead atoms. The van der Waals surface area contributed by atoms with Crippen LogP contribution in [0.25, 0.3) is 0 Å². The Morgan fingerprint density at radius 3 is 1.83 bits per heavy atom. The average Bonchev–Trinajstić information content (AvgIpc) is 2.72. The second-order valence-electron chi connectivity index (χ2n) is 8.23. The van der Waals surface area contributed by atoms with Gasteiger partial charge in [0.1, 0.15) is 5.75 Å². The topological polar surface area (TPSA) is 35.5 Å². The summed E-state index contributed by atoms with van der Waals surface area (Å²) < 4.78 is 11.1. The Morgan fingerprint density at radius 1 is 0.690 bits per heavy atom. The second-order valence-corrected chi connectivity index (χ2v) is 8.23. The van der Waals surface area contributed by atoms with Crippen LogP contribution in [0.4, 0.5) is 0 Å². The molecule has 1 rings (SSSR count). The highest BCUT2D eigenvalue weighted by atomic mass is 16.5. The van der Waals surface area contributed by atoms with Crippen LogP contribution in [0.5, 0.6) is 5.75 Å². The molecule has 0 heterocycles. The number of rotatable bonds is 19. The van der Waals surface area contributed by atoms with Gasteiger partial charge in [-0.15, -0.1) is 0 Å². The Morgan fingerprint density at radius 2 is 1.21 bits per heavy atom. The number of ether oxygens (including phenoxy) is 2. The normalized spacial score (nSPS) is 10.8. The van der Waals surface area contributed by atoms with Crippen molar-refractivity contribution in [2.24, 2.45) is 0 Å². The molecule has 0 saturated carbocycles. The van der Waals surface area contributed by atoms with Crippen molar-refractivity contribution in [2.75, 3.05) is 13.2 Å². The molecule has 0 aliphatic heterocycles. The molecule has 0 aliphatic rings. The van der Waals surface area contributed by atoms with Gasteiger partial charge in [0.15, 0.2) is 0 Å². The molecule has 0 unspecified atom stereocenters. The van der Waals surface area contributed by atoms with E-state index in [-0.39, 0.29) is 5.97 Å². The summed E-state index contributed by atoms with van der Waals surface area (Å²) in [5, 5.41) is 0. The van der Waals surface area contributed by atoms with Crippen molar-refractivity contribution in [1.82, 2.24) is 0 Å². The Balaban J connectivity index is 1.78. The minimum Gasteiger partial charge on any atom is -0.494 e. The molecule has 0 spiro atoms. The molecule has 166 valence electrons. The lowest BCUT2D eigenvalue weighted by Crippen LogP contribution is -2.05. The van der Waals surface area contributed by atoms with Gasteiger partial charge in [0.2, 0.25) is 0 Å². The van der Waals surface area contributed by atoms with Gasteiger partial charge in [0.25, 0.3) is 0 Å². The fraction of sp³-hybridized carbons (Fsp3) is 0.731. The third-order valence-corrected chi connectivity index (χ3v) is 5.33. The van der Waals surface area contributed by atoms with Gasteiger partial charge in [-0.25, -0.2) is 0 Å². The Labute approximate surface area is 179 Å². The van der Waals surface area contributed by atoms with Gasteiger partial charge >= 0.3 is 5.97 Å². The van der Waals surface area contributed by atoms with Crippen molar-refractivity contribution < 1.29 is 14.3 Å². The summed E-state index contributed by atoms with van der Waals surface area (Å²) in [5.41, 5.74) is 1.27. The van der Waals surface area contributed by atoms with Gasteiger partial charge in [-0.2, -0.15) is 0 Å². The number of carbonyl (C=O) groups excluding carboxylic acids is 1. The van der Waals surface area contributed by atoms with Crippen molar-refractivity contribution in [3.8, 4) is 5.75 Å². The molecular weight excluding hydrogens is 360 g/mol. The van der Waals surface area contributed by atoms with Gasteiger partial charge in [-0.05, 0) is 38.3 Å². The highest BCUT2D eigenvalue weighted by Crippen LogP contribution is 2.13. The van der Waals surface area contributed by atoms with Crippen molar-refractivity contribution in [3.63, 3.8) is 0 Å².